The molecule has 1 N–H and O–H groups in total. The summed E-state index contributed by atoms with van der Waals surface area (Å²) in [4.78, 5) is 2.42. The fourth-order valence-corrected chi connectivity index (χ4v) is 3.99. The Hall–Kier alpha value is -1.72. The molecular formula is C17H22N4O. The number of fused-ring (bicyclic) bond motifs is 3. The summed E-state index contributed by atoms with van der Waals surface area (Å²) in [6, 6.07) is 10.7. The first-order chi connectivity index (χ1) is 10.8. The number of aliphatic hydroxyl groups excluding tert-OH is 1. The van der Waals surface area contributed by atoms with Crippen molar-refractivity contribution in [2.45, 2.75) is 31.3 Å². The smallest absolute Gasteiger partial charge is 0.0873 e. The van der Waals surface area contributed by atoms with Crippen LogP contribution in [-0.4, -0.2) is 50.7 Å². The van der Waals surface area contributed by atoms with Gasteiger partial charge in [0, 0.05) is 24.7 Å². The molecule has 3 fully saturated rings. The summed E-state index contributed by atoms with van der Waals surface area (Å²) in [7, 11) is 0. The Labute approximate surface area is 130 Å². The summed E-state index contributed by atoms with van der Waals surface area (Å²) < 4.78 is 1.94. The van der Waals surface area contributed by atoms with Gasteiger partial charge in [0.2, 0.25) is 0 Å². The van der Waals surface area contributed by atoms with Crippen molar-refractivity contribution in [2.75, 3.05) is 19.7 Å². The zero-order valence-corrected chi connectivity index (χ0v) is 12.7. The van der Waals surface area contributed by atoms with Gasteiger partial charge >= 0.3 is 0 Å². The first-order valence-electron chi connectivity index (χ1n) is 8.12. The van der Waals surface area contributed by atoms with Crippen molar-refractivity contribution >= 4 is 0 Å². The number of hydrogen-bond acceptors (Lipinski definition) is 4. The van der Waals surface area contributed by atoms with Gasteiger partial charge in [-0.1, -0.05) is 35.5 Å². The molecule has 0 spiro atoms. The number of aliphatic hydroxyl groups is 1. The van der Waals surface area contributed by atoms with Crippen LogP contribution < -0.4 is 0 Å². The third kappa shape index (κ3) is 2.55. The first-order valence-corrected chi connectivity index (χ1v) is 8.12. The number of hydrogen-bond donors (Lipinski definition) is 1. The molecule has 5 nitrogen and oxygen atoms in total. The van der Waals surface area contributed by atoms with Gasteiger partial charge in [-0.15, -0.1) is 5.10 Å². The van der Waals surface area contributed by atoms with Crippen LogP contribution in [0.25, 0.3) is 0 Å². The summed E-state index contributed by atoms with van der Waals surface area (Å²) in [6.07, 6.45) is 4.41. The molecule has 3 aliphatic rings. The highest BCUT2D eigenvalue weighted by Crippen LogP contribution is 2.40. The zero-order chi connectivity index (χ0) is 14.9. The van der Waals surface area contributed by atoms with Gasteiger partial charge in [-0.3, -0.25) is 4.90 Å². The molecule has 0 saturated carbocycles. The van der Waals surface area contributed by atoms with E-state index >= 15 is 0 Å². The van der Waals surface area contributed by atoms with Crippen LogP contribution in [0.2, 0.25) is 0 Å². The lowest BCUT2D eigenvalue weighted by Gasteiger charge is -2.48. The summed E-state index contributed by atoms with van der Waals surface area (Å²) in [5.74, 6) is 1.12. The molecule has 0 amide bonds. The van der Waals surface area contributed by atoms with Gasteiger partial charge < -0.3 is 5.11 Å². The van der Waals surface area contributed by atoms with Crippen LogP contribution in [0.4, 0.5) is 0 Å². The van der Waals surface area contributed by atoms with Crippen molar-refractivity contribution in [3.63, 3.8) is 0 Å². The highest BCUT2D eigenvalue weighted by Gasteiger charge is 2.41. The SMILES string of the molecule is OC[C@@H]1C[C@H]2CCN1C[C@H]2c1cn(Cc2ccccc2)nn1. The Morgan fingerprint density at radius 1 is 1.23 bits per heavy atom. The first kappa shape index (κ1) is 13.9. The molecule has 3 aliphatic heterocycles. The quantitative estimate of drug-likeness (QED) is 0.929. The Bertz CT molecular complexity index is 627. The second kappa shape index (κ2) is 5.82. The molecule has 5 rings (SSSR count). The van der Waals surface area contributed by atoms with Crippen molar-refractivity contribution in [3.05, 3.63) is 47.8 Å². The second-order valence-corrected chi connectivity index (χ2v) is 6.55. The van der Waals surface area contributed by atoms with Gasteiger partial charge in [-0.25, -0.2) is 4.68 Å². The average Bonchev–Trinajstić information content (AvgIpc) is 3.04. The molecule has 0 aliphatic carbocycles. The lowest BCUT2D eigenvalue weighted by molar-refractivity contribution is 0.00184. The lowest BCUT2D eigenvalue weighted by Crippen LogP contribution is -2.53. The number of aromatic nitrogens is 3. The van der Waals surface area contributed by atoms with E-state index in [4.69, 9.17) is 0 Å². The van der Waals surface area contributed by atoms with E-state index in [0.717, 1.165) is 31.7 Å². The van der Waals surface area contributed by atoms with Crippen LogP contribution in [-0.2, 0) is 6.54 Å². The van der Waals surface area contributed by atoms with E-state index < -0.39 is 0 Å². The maximum Gasteiger partial charge on any atom is 0.0873 e. The van der Waals surface area contributed by atoms with Gasteiger partial charge in [0.15, 0.2) is 0 Å². The van der Waals surface area contributed by atoms with E-state index in [9.17, 15) is 5.11 Å². The maximum absolute atomic E-state index is 9.46. The zero-order valence-electron chi connectivity index (χ0n) is 12.7. The van der Waals surface area contributed by atoms with E-state index in [-0.39, 0.29) is 6.61 Å². The molecule has 2 aromatic rings. The Kier molecular flexibility index (Phi) is 3.68. The van der Waals surface area contributed by atoms with E-state index in [1.807, 2.05) is 10.7 Å². The Morgan fingerprint density at radius 3 is 2.82 bits per heavy atom. The van der Waals surface area contributed by atoms with E-state index in [2.05, 4.69) is 45.7 Å². The fraction of sp³-hybridized carbons (Fsp3) is 0.529. The van der Waals surface area contributed by atoms with Crippen molar-refractivity contribution in [3.8, 4) is 0 Å². The third-order valence-electron chi connectivity index (χ3n) is 5.21. The second-order valence-electron chi connectivity index (χ2n) is 6.55. The van der Waals surface area contributed by atoms with Crippen molar-refractivity contribution in [1.29, 1.82) is 0 Å². The molecule has 5 heteroatoms. The molecule has 3 saturated heterocycles. The van der Waals surface area contributed by atoms with Gasteiger partial charge in [0.25, 0.3) is 0 Å². The molecular weight excluding hydrogens is 276 g/mol. The van der Waals surface area contributed by atoms with Gasteiger partial charge in [-0.05, 0) is 30.9 Å². The molecule has 2 bridgehead atoms. The van der Waals surface area contributed by atoms with Crippen molar-refractivity contribution in [2.24, 2.45) is 5.92 Å². The van der Waals surface area contributed by atoms with Gasteiger partial charge in [-0.2, -0.15) is 0 Å². The standard InChI is InChI=1S/C17H22N4O/c22-12-15-8-14-6-7-20(15)10-16(14)17-11-21(19-18-17)9-13-4-2-1-3-5-13/h1-5,11,14-16,22H,6-10,12H2/t14-,15+,16-/m1/s1. The third-order valence-corrected chi connectivity index (χ3v) is 5.21. The molecule has 1 unspecified atom stereocenters. The van der Waals surface area contributed by atoms with Crippen molar-refractivity contribution in [1.82, 2.24) is 19.9 Å². The van der Waals surface area contributed by atoms with Crippen LogP contribution in [0, 0.1) is 5.92 Å². The maximum atomic E-state index is 9.46. The van der Waals surface area contributed by atoms with Gasteiger partial charge in [0.05, 0.1) is 18.8 Å². The Morgan fingerprint density at radius 2 is 2.09 bits per heavy atom. The minimum atomic E-state index is 0.282. The molecule has 4 atom stereocenters. The average molecular weight is 298 g/mol. The minimum Gasteiger partial charge on any atom is -0.395 e. The van der Waals surface area contributed by atoms with Crippen LogP contribution in [0.5, 0.6) is 0 Å². The molecule has 1 aromatic carbocycles. The van der Waals surface area contributed by atoms with Crippen LogP contribution >= 0.6 is 0 Å². The van der Waals surface area contributed by atoms with Crippen LogP contribution in [0.1, 0.15) is 30.0 Å². The summed E-state index contributed by atoms with van der Waals surface area (Å²) >= 11 is 0. The number of benzene rings is 1. The molecule has 1 aromatic heterocycles. The summed E-state index contributed by atoms with van der Waals surface area (Å²) in [6.45, 7) is 3.18. The van der Waals surface area contributed by atoms with Crippen LogP contribution in [0.15, 0.2) is 36.5 Å². The number of rotatable bonds is 4. The monoisotopic (exact) mass is 298 g/mol. The highest BCUT2D eigenvalue weighted by molar-refractivity contribution is 5.16. The Balaban J connectivity index is 1.48. The van der Waals surface area contributed by atoms with E-state index in [1.165, 1.54) is 12.0 Å². The van der Waals surface area contributed by atoms with Crippen molar-refractivity contribution < 1.29 is 5.11 Å². The fourth-order valence-electron chi connectivity index (χ4n) is 3.99. The minimum absolute atomic E-state index is 0.282. The molecule has 4 heterocycles. The molecule has 0 radical (unpaired) electrons. The normalized spacial score (nSPS) is 30.6. The van der Waals surface area contributed by atoms with Crippen LogP contribution in [0.3, 0.4) is 0 Å². The van der Waals surface area contributed by atoms with Gasteiger partial charge in [0.1, 0.15) is 0 Å². The summed E-state index contributed by atoms with van der Waals surface area (Å²) in [5.41, 5.74) is 2.36. The molecule has 22 heavy (non-hydrogen) atoms. The lowest BCUT2D eigenvalue weighted by atomic mass is 9.74. The molecule has 116 valence electrons. The predicted octanol–water partition coefficient (Wildman–Crippen LogP) is 1.50. The number of nitrogens with zero attached hydrogens (tertiary/aromatic N) is 4. The predicted molar refractivity (Wildman–Crippen MR) is 83.5 cm³/mol. The topological polar surface area (TPSA) is 54.2 Å². The van der Waals surface area contributed by atoms with E-state index in [1.54, 1.807) is 0 Å². The number of piperidine rings is 3. The largest absolute Gasteiger partial charge is 0.395 e. The van der Waals surface area contributed by atoms with E-state index in [0.29, 0.717) is 17.9 Å². The highest BCUT2D eigenvalue weighted by atomic mass is 16.3. The summed E-state index contributed by atoms with van der Waals surface area (Å²) in [5, 5.41) is 18.2.